The Kier molecular flexibility index (Phi) is 5.59. The van der Waals surface area contributed by atoms with Gasteiger partial charge in [-0.3, -0.25) is 0 Å². The Morgan fingerprint density at radius 2 is 2.47 bits per heavy atom. The number of halogens is 1. The minimum absolute atomic E-state index is 0.772. The van der Waals surface area contributed by atoms with Crippen molar-refractivity contribution in [3.8, 4) is 12.3 Å². The number of nitrogens with one attached hydrogen (secondary N) is 1. The van der Waals surface area contributed by atoms with E-state index in [-0.39, 0.29) is 0 Å². The summed E-state index contributed by atoms with van der Waals surface area (Å²) >= 11 is 5.13. The van der Waals surface area contributed by atoms with E-state index in [2.05, 4.69) is 32.2 Å². The molecule has 15 heavy (non-hydrogen) atoms. The lowest BCUT2D eigenvalue weighted by molar-refractivity contribution is 1.14. The molecule has 2 nitrogen and oxygen atoms in total. The van der Waals surface area contributed by atoms with Crippen LogP contribution in [0.3, 0.4) is 0 Å². The van der Waals surface area contributed by atoms with E-state index in [1.165, 1.54) is 0 Å². The standard InChI is InChI=1S/C11H13BrN2S/c1-3-5-15-6-4-13-11-9(2)7-10(12)8-14-11/h1,7-8H,4-6H2,2H3,(H,13,14). The highest BCUT2D eigenvalue weighted by molar-refractivity contribution is 9.10. The topological polar surface area (TPSA) is 24.9 Å². The van der Waals surface area contributed by atoms with Gasteiger partial charge in [0.15, 0.2) is 0 Å². The zero-order valence-corrected chi connectivity index (χ0v) is 11.0. The van der Waals surface area contributed by atoms with Gasteiger partial charge in [0.05, 0.1) is 5.75 Å². The third-order valence-electron chi connectivity index (χ3n) is 1.77. The van der Waals surface area contributed by atoms with Gasteiger partial charge in [-0.05, 0) is 34.5 Å². The Labute approximate surface area is 103 Å². The van der Waals surface area contributed by atoms with E-state index < -0.39 is 0 Å². The fourth-order valence-electron chi connectivity index (χ4n) is 1.10. The number of anilines is 1. The molecule has 1 N–H and O–H groups in total. The van der Waals surface area contributed by atoms with Gasteiger partial charge in [-0.15, -0.1) is 18.2 Å². The molecule has 0 bridgehead atoms. The van der Waals surface area contributed by atoms with Crippen LogP contribution >= 0.6 is 27.7 Å². The van der Waals surface area contributed by atoms with Crippen LogP contribution in [0, 0.1) is 19.3 Å². The molecule has 0 aromatic carbocycles. The number of nitrogens with zero attached hydrogens (tertiary/aromatic N) is 1. The minimum Gasteiger partial charge on any atom is -0.369 e. The normalized spacial score (nSPS) is 9.67. The van der Waals surface area contributed by atoms with Gasteiger partial charge < -0.3 is 5.32 Å². The summed E-state index contributed by atoms with van der Waals surface area (Å²) in [7, 11) is 0. The van der Waals surface area contributed by atoms with Gasteiger partial charge in [0.1, 0.15) is 5.82 Å². The summed E-state index contributed by atoms with van der Waals surface area (Å²) in [5.41, 5.74) is 1.14. The molecule has 0 unspecified atom stereocenters. The van der Waals surface area contributed by atoms with Crippen molar-refractivity contribution >= 4 is 33.5 Å². The average Bonchev–Trinajstić information content (AvgIpc) is 2.20. The molecule has 0 atom stereocenters. The number of pyridine rings is 1. The van der Waals surface area contributed by atoms with Gasteiger partial charge in [-0.2, -0.15) is 0 Å². The molecule has 0 aliphatic heterocycles. The number of rotatable bonds is 5. The summed E-state index contributed by atoms with van der Waals surface area (Å²) in [5.74, 6) is 5.32. The highest BCUT2D eigenvalue weighted by Crippen LogP contribution is 2.16. The molecule has 0 aliphatic rings. The molecule has 0 spiro atoms. The zero-order chi connectivity index (χ0) is 11.1. The molecule has 1 rings (SSSR count). The molecule has 1 heterocycles. The summed E-state index contributed by atoms with van der Waals surface area (Å²) in [4.78, 5) is 4.29. The van der Waals surface area contributed by atoms with Crippen LogP contribution in [-0.2, 0) is 0 Å². The van der Waals surface area contributed by atoms with E-state index >= 15 is 0 Å². The lowest BCUT2D eigenvalue weighted by atomic mass is 10.3. The quantitative estimate of drug-likeness (QED) is 0.665. The van der Waals surface area contributed by atoms with E-state index in [1.54, 1.807) is 18.0 Å². The summed E-state index contributed by atoms with van der Waals surface area (Å²) in [6.45, 7) is 2.93. The molecule has 80 valence electrons. The highest BCUT2D eigenvalue weighted by Gasteiger charge is 1.99. The van der Waals surface area contributed by atoms with Gasteiger partial charge in [-0.25, -0.2) is 4.98 Å². The number of aryl methyl sites for hydroxylation is 1. The molecular weight excluding hydrogens is 272 g/mol. The summed E-state index contributed by atoms with van der Waals surface area (Å²) in [5, 5.41) is 3.28. The second kappa shape index (κ2) is 6.76. The van der Waals surface area contributed by atoms with E-state index in [9.17, 15) is 0 Å². The lowest BCUT2D eigenvalue weighted by Crippen LogP contribution is -2.07. The maximum absolute atomic E-state index is 5.15. The van der Waals surface area contributed by atoms with Crippen LogP contribution in [0.15, 0.2) is 16.7 Å². The van der Waals surface area contributed by atoms with Crippen LogP contribution < -0.4 is 5.32 Å². The molecular formula is C11H13BrN2S. The Hall–Kier alpha value is -0.660. The van der Waals surface area contributed by atoms with E-state index in [4.69, 9.17) is 6.42 Å². The van der Waals surface area contributed by atoms with E-state index in [0.29, 0.717) is 0 Å². The van der Waals surface area contributed by atoms with Crippen LogP contribution in [0.2, 0.25) is 0 Å². The number of hydrogen-bond donors (Lipinski definition) is 1. The minimum atomic E-state index is 0.772. The molecule has 1 aromatic rings. The zero-order valence-electron chi connectivity index (χ0n) is 8.59. The smallest absolute Gasteiger partial charge is 0.128 e. The molecule has 0 saturated heterocycles. The van der Waals surface area contributed by atoms with Crippen molar-refractivity contribution in [1.29, 1.82) is 0 Å². The molecule has 4 heteroatoms. The van der Waals surface area contributed by atoms with Crippen LogP contribution in [0.5, 0.6) is 0 Å². The SMILES string of the molecule is C#CCSCCNc1ncc(Br)cc1C. The molecule has 0 fully saturated rings. The molecule has 1 aromatic heterocycles. The third-order valence-corrected chi connectivity index (χ3v) is 3.07. The first-order chi connectivity index (χ1) is 7.24. The van der Waals surface area contributed by atoms with Crippen LogP contribution in [0.4, 0.5) is 5.82 Å². The Bertz CT molecular complexity index is 360. The monoisotopic (exact) mass is 284 g/mol. The maximum atomic E-state index is 5.15. The molecule has 0 amide bonds. The van der Waals surface area contributed by atoms with Crippen molar-refractivity contribution in [2.24, 2.45) is 0 Å². The van der Waals surface area contributed by atoms with E-state index in [0.717, 1.165) is 33.9 Å². The first-order valence-corrected chi connectivity index (χ1v) is 6.56. The lowest BCUT2D eigenvalue weighted by Gasteiger charge is -2.07. The molecule has 0 radical (unpaired) electrons. The van der Waals surface area contributed by atoms with Gasteiger partial charge in [-0.1, -0.05) is 5.92 Å². The average molecular weight is 285 g/mol. The summed E-state index contributed by atoms with van der Waals surface area (Å²) < 4.78 is 1.01. The van der Waals surface area contributed by atoms with Crippen LogP contribution in [0.25, 0.3) is 0 Å². The first-order valence-electron chi connectivity index (χ1n) is 4.61. The highest BCUT2D eigenvalue weighted by atomic mass is 79.9. The second-order valence-corrected chi connectivity index (χ2v) is 5.02. The molecule has 0 aliphatic carbocycles. The Balaban J connectivity index is 2.35. The van der Waals surface area contributed by atoms with Crippen LogP contribution in [-0.4, -0.2) is 23.0 Å². The number of thioether (sulfide) groups is 1. The second-order valence-electron chi connectivity index (χ2n) is 3.00. The third kappa shape index (κ3) is 4.59. The van der Waals surface area contributed by atoms with Crippen molar-refractivity contribution in [2.75, 3.05) is 23.4 Å². The maximum Gasteiger partial charge on any atom is 0.128 e. The molecule has 0 saturated carbocycles. The van der Waals surface area contributed by atoms with Crippen molar-refractivity contribution in [3.63, 3.8) is 0 Å². The van der Waals surface area contributed by atoms with Crippen molar-refractivity contribution in [1.82, 2.24) is 4.98 Å². The van der Waals surface area contributed by atoms with Gasteiger partial charge >= 0.3 is 0 Å². The van der Waals surface area contributed by atoms with Gasteiger partial charge in [0.2, 0.25) is 0 Å². The van der Waals surface area contributed by atoms with Crippen molar-refractivity contribution < 1.29 is 0 Å². The fraction of sp³-hybridized carbons (Fsp3) is 0.364. The number of terminal acetylenes is 1. The first kappa shape index (κ1) is 12.4. The number of hydrogen-bond acceptors (Lipinski definition) is 3. The van der Waals surface area contributed by atoms with E-state index in [1.807, 2.05) is 13.0 Å². The van der Waals surface area contributed by atoms with Crippen molar-refractivity contribution in [3.05, 3.63) is 22.3 Å². The van der Waals surface area contributed by atoms with Crippen molar-refractivity contribution in [2.45, 2.75) is 6.92 Å². The Morgan fingerprint density at radius 3 is 3.13 bits per heavy atom. The predicted molar refractivity (Wildman–Crippen MR) is 71.3 cm³/mol. The summed E-state index contributed by atoms with van der Waals surface area (Å²) in [6, 6.07) is 2.05. The van der Waals surface area contributed by atoms with Gasteiger partial charge in [0.25, 0.3) is 0 Å². The summed E-state index contributed by atoms with van der Waals surface area (Å²) in [6.07, 6.45) is 6.95. The Morgan fingerprint density at radius 1 is 1.67 bits per heavy atom. The largest absolute Gasteiger partial charge is 0.369 e. The predicted octanol–water partition coefficient (Wildman–Crippen LogP) is 2.93. The number of aromatic nitrogens is 1. The van der Waals surface area contributed by atoms with Gasteiger partial charge in [0, 0.05) is 23.0 Å². The fourth-order valence-corrected chi connectivity index (χ4v) is 2.05. The van der Waals surface area contributed by atoms with Crippen LogP contribution in [0.1, 0.15) is 5.56 Å².